The van der Waals surface area contributed by atoms with Gasteiger partial charge in [0, 0.05) is 5.56 Å². The second kappa shape index (κ2) is 4.91. The first-order valence-corrected chi connectivity index (χ1v) is 5.83. The molecular weight excluding hydrogens is 228 g/mol. The van der Waals surface area contributed by atoms with Crippen LogP contribution in [0.25, 0.3) is 11.1 Å². The maximum atomic E-state index is 9.53. The number of phenols is 1. The van der Waals surface area contributed by atoms with Gasteiger partial charge in [-0.15, -0.1) is 0 Å². The zero-order chi connectivity index (χ0) is 13.1. The molecule has 2 aromatic rings. The van der Waals surface area contributed by atoms with Gasteiger partial charge in [-0.1, -0.05) is 25.5 Å². The minimum absolute atomic E-state index is 0.180. The topological polar surface area (TPSA) is 98.0 Å². The molecule has 0 amide bonds. The van der Waals surface area contributed by atoms with Crippen LogP contribution in [-0.4, -0.2) is 15.1 Å². The lowest BCUT2D eigenvalue weighted by atomic mass is 10.0. The summed E-state index contributed by atoms with van der Waals surface area (Å²) in [6.45, 7) is 2.06. The molecule has 0 saturated carbocycles. The molecule has 1 heterocycles. The van der Waals surface area contributed by atoms with Crippen molar-refractivity contribution >= 4 is 11.8 Å². The van der Waals surface area contributed by atoms with Gasteiger partial charge in [0.15, 0.2) is 0 Å². The first kappa shape index (κ1) is 12.2. The number of phenolic OH excluding ortho intramolecular Hbond substituents is 1. The van der Waals surface area contributed by atoms with Crippen LogP contribution in [-0.2, 0) is 6.42 Å². The number of nitrogens with zero attached hydrogens (tertiary/aromatic N) is 2. The lowest BCUT2D eigenvalue weighted by molar-refractivity contribution is 0.475. The fraction of sp³-hybridized carbons (Fsp3) is 0.231. The molecule has 0 fully saturated rings. The van der Waals surface area contributed by atoms with Gasteiger partial charge in [-0.3, -0.25) is 0 Å². The smallest absolute Gasteiger partial charge is 0.222 e. The number of aryl methyl sites for hydroxylation is 1. The van der Waals surface area contributed by atoms with Crippen molar-refractivity contribution in [3.05, 3.63) is 30.0 Å². The van der Waals surface area contributed by atoms with Crippen molar-refractivity contribution in [2.75, 3.05) is 11.5 Å². The Labute approximate surface area is 105 Å². The van der Waals surface area contributed by atoms with Gasteiger partial charge in [-0.05, 0) is 24.1 Å². The van der Waals surface area contributed by atoms with Crippen molar-refractivity contribution in [3.8, 4) is 16.9 Å². The Balaban J connectivity index is 2.61. The van der Waals surface area contributed by atoms with Crippen LogP contribution in [0.1, 0.15) is 19.0 Å². The van der Waals surface area contributed by atoms with Crippen LogP contribution < -0.4 is 11.5 Å². The fourth-order valence-electron chi connectivity index (χ4n) is 1.94. The molecule has 0 saturated heterocycles. The van der Waals surface area contributed by atoms with Crippen LogP contribution in [0.15, 0.2) is 24.3 Å². The first-order chi connectivity index (χ1) is 8.61. The van der Waals surface area contributed by atoms with Crippen LogP contribution in [0, 0.1) is 0 Å². The highest BCUT2D eigenvalue weighted by atomic mass is 16.3. The normalized spacial score (nSPS) is 10.5. The van der Waals surface area contributed by atoms with E-state index in [0.29, 0.717) is 5.82 Å². The lowest BCUT2D eigenvalue weighted by Gasteiger charge is -2.11. The number of hydrogen-bond donors (Lipinski definition) is 3. The summed E-state index contributed by atoms with van der Waals surface area (Å²) in [7, 11) is 0. The number of aromatic nitrogens is 2. The Morgan fingerprint density at radius 1 is 1.22 bits per heavy atom. The summed E-state index contributed by atoms with van der Waals surface area (Å²) in [5, 5.41) is 9.53. The molecule has 0 atom stereocenters. The molecule has 1 aromatic heterocycles. The third-order valence-electron chi connectivity index (χ3n) is 2.65. The maximum Gasteiger partial charge on any atom is 0.222 e. The molecule has 18 heavy (non-hydrogen) atoms. The van der Waals surface area contributed by atoms with Crippen molar-refractivity contribution in [3.63, 3.8) is 0 Å². The summed E-state index contributed by atoms with van der Waals surface area (Å²) in [5.74, 6) is 0.711. The van der Waals surface area contributed by atoms with Gasteiger partial charge >= 0.3 is 0 Å². The second-order valence-corrected chi connectivity index (χ2v) is 4.09. The number of rotatable bonds is 3. The highest BCUT2D eigenvalue weighted by molar-refractivity contribution is 5.77. The number of nitrogens with two attached hydrogens (primary N) is 2. The first-order valence-electron chi connectivity index (χ1n) is 5.83. The van der Waals surface area contributed by atoms with E-state index in [-0.39, 0.29) is 11.7 Å². The molecule has 0 radical (unpaired) electrons. The van der Waals surface area contributed by atoms with Crippen LogP contribution in [0.2, 0.25) is 0 Å². The van der Waals surface area contributed by atoms with E-state index in [1.807, 2.05) is 6.07 Å². The van der Waals surface area contributed by atoms with E-state index in [9.17, 15) is 5.11 Å². The predicted molar refractivity (Wildman–Crippen MR) is 72.0 cm³/mol. The third-order valence-corrected chi connectivity index (χ3v) is 2.65. The molecule has 0 spiro atoms. The van der Waals surface area contributed by atoms with Crippen LogP contribution in [0.4, 0.5) is 11.8 Å². The van der Waals surface area contributed by atoms with Crippen LogP contribution in [0.3, 0.4) is 0 Å². The molecule has 0 aliphatic heterocycles. The van der Waals surface area contributed by atoms with Gasteiger partial charge in [0.1, 0.15) is 11.6 Å². The van der Waals surface area contributed by atoms with E-state index in [1.165, 1.54) is 0 Å². The van der Waals surface area contributed by atoms with Gasteiger partial charge in [0.2, 0.25) is 5.95 Å². The molecule has 0 bridgehead atoms. The van der Waals surface area contributed by atoms with E-state index in [1.54, 1.807) is 18.2 Å². The minimum atomic E-state index is 0.180. The molecule has 2 rings (SSSR count). The van der Waals surface area contributed by atoms with Crippen molar-refractivity contribution in [1.29, 1.82) is 0 Å². The molecule has 0 aliphatic rings. The van der Waals surface area contributed by atoms with Crippen LogP contribution in [0.5, 0.6) is 5.75 Å². The summed E-state index contributed by atoms with van der Waals surface area (Å²) < 4.78 is 0. The van der Waals surface area contributed by atoms with Crippen molar-refractivity contribution in [2.45, 2.75) is 19.8 Å². The van der Waals surface area contributed by atoms with Crippen molar-refractivity contribution < 1.29 is 5.11 Å². The Morgan fingerprint density at radius 3 is 2.67 bits per heavy atom. The summed E-state index contributed by atoms with van der Waals surface area (Å²) >= 11 is 0. The molecule has 0 unspecified atom stereocenters. The molecule has 5 N–H and O–H groups in total. The highest BCUT2D eigenvalue weighted by Gasteiger charge is 2.13. The van der Waals surface area contributed by atoms with Crippen LogP contribution >= 0.6 is 0 Å². The average Bonchev–Trinajstić information content (AvgIpc) is 2.28. The summed E-state index contributed by atoms with van der Waals surface area (Å²) in [6.07, 6.45) is 1.70. The van der Waals surface area contributed by atoms with Crippen molar-refractivity contribution in [2.24, 2.45) is 0 Å². The highest BCUT2D eigenvalue weighted by Crippen LogP contribution is 2.30. The number of nitrogen functional groups attached to an aromatic ring is 2. The van der Waals surface area contributed by atoms with Gasteiger partial charge in [-0.2, -0.15) is 4.98 Å². The second-order valence-electron chi connectivity index (χ2n) is 4.09. The van der Waals surface area contributed by atoms with Gasteiger partial charge in [-0.25, -0.2) is 4.98 Å². The summed E-state index contributed by atoms with van der Waals surface area (Å²) in [4.78, 5) is 8.22. The predicted octanol–water partition coefficient (Wildman–Crippen LogP) is 1.97. The quantitative estimate of drug-likeness (QED) is 0.766. The summed E-state index contributed by atoms with van der Waals surface area (Å²) in [5.41, 5.74) is 13.9. The maximum absolute atomic E-state index is 9.53. The van der Waals surface area contributed by atoms with E-state index in [0.717, 1.165) is 29.7 Å². The summed E-state index contributed by atoms with van der Waals surface area (Å²) in [6, 6.07) is 6.88. The zero-order valence-corrected chi connectivity index (χ0v) is 10.2. The lowest BCUT2D eigenvalue weighted by Crippen LogP contribution is -2.06. The van der Waals surface area contributed by atoms with Gasteiger partial charge in [0.05, 0.1) is 5.69 Å². The van der Waals surface area contributed by atoms with Gasteiger partial charge < -0.3 is 16.6 Å². The fourth-order valence-corrected chi connectivity index (χ4v) is 1.94. The van der Waals surface area contributed by atoms with E-state index in [2.05, 4.69) is 16.9 Å². The third kappa shape index (κ3) is 2.34. The molecule has 0 aliphatic carbocycles. The average molecular weight is 244 g/mol. The molecular formula is C13H16N4O. The van der Waals surface area contributed by atoms with E-state index in [4.69, 9.17) is 11.5 Å². The van der Waals surface area contributed by atoms with Gasteiger partial charge in [0.25, 0.3) is 0 Å². The largest absolute Gasteiger partial charge is 0.508 e. The Kier molecular flexibility index (Phi) is 3.32. The molecule has 94 valence electrons. The Hall–Kier alpha value is -2.30. The molecule has 5 nitrogen and oxygen atoms in total. The van der Waals surface area contributed by atoms with E-state index >= 15 is 0 Å². The molecule has 1 aromatic carbocycles. The SMILES string of the molecule is CCCc1nc(N)nc(N)c1-c1cccc(O)c1. The monoisotopic (exact) mass is 244 g/mol. The Bertz CT molecular complexity index is 569. The number of anilines is 2. The zero-order valence-electron chi connectivity index (χ0n) is 10.2. The molecule has 5 heteroatoms. The van der Waals surface area contributed by atoms with E-state index < -0.39 is 0 Å². The minimum Gasteiger partial charge on any atom is -0.508 e. The number of benzene rings is 1. The van der Waals surface area contributed by atoms with Crippen molar-refractivity contribution in [1.82, 2.24) is 9.97 Å². The number of aromatic hydroxyl groups is 1. The Morgan fingerprint density at radius 2 is 2.00 bits per heavy atom. The standard InChI is InChI=1S/C13H16N4O/c1-2-4-10-11(12(14)17-13(15)16-10)8-5-3-6-9(18)7-8/h3,5-7,18H,2,4H2,1H3,(H4,14,15,16,17). The number of hydrogen-bond acceptors (Lipinski definition) is 5.